The number of hydrogen-bond donors (Lipinski definition) is 1. The van der Waals surface area contributed by atoms with Gasteiger partial charge < -0.3 is 9.88 Å². The lowest BCUT2D eigenvalue weighted by molar-refractivity contribution is -0.121. The van der Waals surface area contributed by atoms with Crippen LogP contribution < -0.4 is 5.32 Å². The van der Waals surface area contributed by atoms with Crippen LogP contribution >= 0.6 is 11.6 Å². The van der Waals surface area contributed by atoms with E-state index in [0.29, 0.717) is 6.42 Å². The summed E-state index contributed by atoms with van der Waals surface area (Å²) in [6.07, 6.45) is 10.1. The highest BCUT2D eigenvalue weighted by Crippen LogP contribution is 2.10. The number of aryl methyl sites for hydroxylation is 2. The van der Waals surface area contributed by atoms with Gasteiger partial charge in [-0.15, -0.1) is 0 Å². The second-order valence-corrected chi connectivity index (χ2v) is 5.77. The molecule has 0 saturated carbocycles. The lowest BCUT2D eigenvalue weighted by atomic mass is 10.1. The summed E-state index contributed by atoms with van der Waals surface area (Å²) < 4.78 is 2.07. The highest BCUT2D eigenvalue weighted by atomic mass is 35.5. The molecule has 22 heavy (non-hydrogen) atoms. The average molecular weight is 320 g/mol. The van der Waals surface area contributed by atoms with Crippen LogP contribution in [0.5, 0.6) is 0 Å². The van der Waals surface area contributed by atoms with Crippen molar-refractivity contribution in [2.75, 3.05) is 6.54 Å². The smallest absolute Gasteiger partial charge is 0.220 e. The molecular formula is C17H22ClN3O. The molecule has 1 heterocycles. The first-order chi connectivity index (χ1) is 10.7. The van der Waals surface area contributed by atoms with Gasteiger partial charge in [0.05, 0.1) is 6.33 Å². The third-order valence-corrected chi connectivity index (χ3v) is 3.78. The molecule has 0 aliphatic carbocycles. The van der Waals surface area contributed by atoms with Crippen LogP contribution in [0.1, 0.15) is 31.2 Å². The molecule has 5 heteroatoms. The molecule has 0 aliphatic rings. The minimum atomic E-state index is 0.115. The van der Waals surface area contributed by atoms with Crippen molar-refractivity contribution in [2.24, 2.45) is 0 Å². The second kappa shape index (κ2) is 9.26. The first-order valence-corrected chi connectivity index (χ1v) is 8.09. The summed E-state index contributed by atoms with van der Waals surface area (Å²) >= 11 is 5.83. The Bertz CT molecular complexity index is 552. The number of carbonyl (C=O) groups is 1. The molecule has 0 atom stereocenters. The summed E-state index contributed by atoms with van der Waals surface area (Å²) in [6.45, 7) is 1.74. The number of benzene rings is 1. The van der Waals surface area contributed by atoms with Crippen LogP contribution in [0.3, 0.4) is 0 Å². The van der Waals surface area contributed by atoms with E-state index in [9.17, 15) is 4.79 Å². The van der Waals surface area contributed by atoms with E-state index in [2.05, 4.69) is 14.9 Å². The molecule has 0 fully saturated rings. The number of amides is 1. The Morgan fingerprint density at radius 2 is 2.00 bits per heavy atom. The number of imidazole rings is 1. The molecule has 1 amide bonds. The Labute approximate surface area is 136 Å². The molecule has 0 spiro atoms. The molecular weight excluding hydrogens is 298 g/mol. The van der Waals surface area contributed by atoms with Gasteiger partial charge in [-0.25, -0.2) is 4.98 Å². The summed E-state index contributed by atoms with van der Waals surface area (Å²) in [5, 5.41) is 3.70. The van der Waals surface area contributed by atoms with Crippen LogP contribution in [0.2, 0.25) is 5.02 Å². The van der Waals surface area contributed by atoms with Gasteiger partial charge in [0.1, 0.15) is 0 Å². The van der Waals surface area contributed by atoms with Crippen molar-refractivity contribution in [1.82, 2.24) is 14.9 Å². The van der Waals surface area contributed by atoms with Crippen LogP contribution in [0, 0.1) is 0 Å². The van der Waals surface area contributed by atoms with E-state index in [4.69, 9.17) is 11.6 Å². The number of aromatic nitrogens is 2. The molecule has 1 aromatic carbocycles. The average Bonchev–Trinajstić information content (AvgIpc) is 3.03. The summed E-state index contributed by atoms with van der Waals surface area (Å²) in [7, 11) is 0. The normalized spacial score (nSPS) is 10.6. The highest BCUT2D eigenvalue weighted by molar-refractivity contribution is 6.30. The summed E-state index contributed by atoms with van der Waals surface area (Å²) in [5.74, 6) is 0.115. The molecule has 0 unspecified atom stereocenters. The van der Waals surface area contributed by atoms with Crippen molar-refractivity contribution >= 4 is 17.5 Å². The molecule has 0 aliphatic heterocycles. The van der Waals surface area contributed by atoms with Crippen LogP contribution in [0.25, 0.3) is 0 Å². The van der Waals surface area contributed by atoms with Crippen LogP contribution in [-0.4, -0.2) is 22.0 Å². The van der Waals surface area contributed by atoms with Gasteiger partial charge in [0, 0.05) is 36.9 Å². The zero-order valence-electron chi connectivity index (χ0n) is 12.7. The van der Waals surface area contributed by atoms with E-state index < -0.39 is 0 Å². The molecule has 2 aromatic rings. The predicted octanol–water partition coefficient (Wildman–Crippen LogP) is 3.46. The number of halogens is 1. The molecule has 0 bridgehead atoms. The zero-order valence-corrected chi connectivity index (χ0v) is 13.4. The quantitative estimate of drug-likeness (QED) is 0.720. The lowest BCUT2D eigenvalue weighted by Gasteiger charge is -2.06. The number of nitrogens with zero attached hydrogens (tertiary/aromatic N) is 2. The van der Waals surface area contributed by atoms with E-state index in [1.165, 1.54) is 0 Å². The van der Waals surface area contributed by atoms with E-state index in [1.54, 1.807) is 6.20 Å². The molecule has 0 saturated heterocycles. The van der Waals surface area contributed by atoms with Gasteiger partial charge in [-0.05, 0) is 43.4 Å². The number of nitrogens with one attached hydrogen (secondary N) is 1. The Kier molecular flexibility index (Phi) is 6.97. The monoisotopic (exact) mass is 319 g/mol. The largest absolute Gasteiger partial charge is 0.356 e. The van der Waals surface area contributed by atoms with E-state index in [-0.39, 0.29) is 5.91 Å². The number of unbranched alkanes of at least 4 members (excludes halogenated alkanes) is 2. The predicted molar refractivity (Wildman–Crippen MR) is 88.9 cm³/mol. The molecule has 2 rings (SSSR count). The van der Waals surface area contributed by atoms with Crippen molar-refractivity contribution in [2.45, 2.75) is 38.6 Å². The van der Waals surface area contributed by atoms with Crippen molar-refractivity contribution in [3.05, 3.63) is 53.6 Å². The fourth-order valence-electron chi connectivity index (χ4n) is 2.24. The molecule has 118 valence electrons. The van der Waals surface area contributed by atoms with Gasteiger partial charge >= 0.3 is 0 Å². The zero-order chi connectivity index (χ0) is 15.6. The minimum Gasteiger partial charge on any atom is -0.356 e. The Hall–Kier alpha value is -1.81. The second-order valence-electron chi connectivity index (χ2n) is 5.34. The van der Waals surface area contributed by atoms with Crippen molar-refractivity contribution in [3.63, 3.8) is 0 Å². The van der Waals surface area contributed by atoms with Gasteiger partial charge in [0.15, 0.2) is 0 Å². The van der Waals surface area contributed by atoms with Gasteiger partial charge in [-0.1, -0.05) is 23.7 Å². The van der Waals surface area contributed by atoms with Crippen LogP contribution in [0.15, 0.2) is 43.0 Å². The lowest BCUT2D eigenvalue weighted by Crippen LogP contribution is -2.24. The summed E-state index contributed by atoms with van der Waals surface area (Å²) in [6, 6.07) is 7.64. The molecule has 4 nitrogen and oxygen atoms in total. The highest BCUT2D eigenvalue weighted by Gasteiger charge is 2.02. The van der Waals surface area contributed by atoms with E-state index in [1.807, 2.05) is 36.8 Å². The SMILES string of the molecule is O=C(CCc1ccc(Cl)cc1)NCCCCCn1ccnc1. The number of carbonyl (C=O) groups excluding carboxylic acids is 1. The first kappa shape index (κ1) is 16.6. The van der Waals surface area contributed by atoms with Gasteiger partial charge in [0.25, 0.3) is 0 Å². The maximum atomic E-state index is 11.8. The topological polar surface area (TPSA) is 46.9 Å². The van der Waals surface area contributed by atoms with Crippen molar-refractivity contribution < 1.29 is 4.79 Å². The maximum absolute atomic E-state index is 11.8. The van der Waals surface area contributed by atoms with Crippen molar-refractivity contribution in [1.29, 1.82) is 0 Å². The van der Waals surface area contributed by atoms with Gasteiger partial charge in [-0.3, -0.25) is 4.79 Å². The molecule has 1 aromatic heterocycles. The standard InChI is InChI=1S/C17H22ClN3O/c18-16-7-4-15(5-8-16)6-9-17(22)20-10-2-1-3-12-21-13-11-19-14-21/h4-5,7-8,11,13-14H,1-3,6,9-10,12H2,(H,20,22). The first-order valence-electron chi connectivity index (χ1n) is 7.71. The van der Waals surface area contributed by atoms with E-state index >= 15 is 0 Å². The van der Waals surface area contributed by atoms with Crippen molar-refractivity contribution in [3.8, 4) is 0 Å². The minimum absolute atomic E-state index is 0.115. The van der Waals surface area contributed by atoms with Crippen LogP contribution in [-0.2, 0) is 17.8 Å². The van der Waals surface area contributed by atoms with Gasteiger partial charge in [-0.2, -0.15) is 0 Å². The summed E-state index contributed by atoms with van der Waals surface area (Å²) in [4.78, 5) is 15.8. The van der Waals surface area contributed by atoms with Gasteiger partial charge in [0.2, 0.25) is 5.91 Å². The molecule has 1 N–H and O–H groups in total. The third kappa shape index (κ3) is 6.31. The third-order valence-electron chi connectivity index (χ3n) is 3.53. The Morgan fingerprint density at radius 1 is 1.18 bits per heavy atom. The molecule has 0 radical (unpaired) electrons. The van der Waals surface area contributed by atoms with E-state index in [0.717, 1.165) is 49.4 Å². The fourth-order valence-corrected chi connectivity index (χ4v) is 2.37. The number of rotatable bonds is 9. The van der Waals surface area contributed by atoms with Crippen LogP contribution in [0.4, 0.5) is 0 Å². The number of hydrogen-bond acceptors (Lipinski definition) is 2. The maximum Gasteiger partial charge on any atom is 0.220 e. The fraction of sp³-hybridized carbons (Fsp3) is 0.412. The Morgan fingerprint density at radius 3 is 2.73 bits per heavy atom. The summed E-state index contributed by atoms with van der Waals surface area (Å²) in [5.41, 5.74) is 1.14. The Balaban J connectivity index is 1.49.